The molecule has 0 spiro atoms. The molecule has 6 aliphatic rings. The van der Waals surface area contributed by atoms with Gasteiger partial charge in [-0.15, -0.1) is 0 Å². The minimum absolute atomic E-state index is 0.0585. The maximum atomic E-state index is 13.5. The van der Waals surface area contributed by atoms with Gasteiger partial charge in [-0.1, -0.05) is 19.3 Å². The molecular formula is C28H37N5O3. The van der Waals surface area contributed by atoms with Crippen LogP contribution in [0.4, 0.5) is 10.6 Å². The van der Waals surface area contributed by atoms with E-state index in [1.54, 1.807) is 23.2 Å². The van der Waals surface area contributed by atoms with Gasteiger partial charge in [-0.3, -0.25) is 4.79 Å². The highest BCUT2D eigenvalue weighted by molar-refractivity contribution is 5.83. The third kappa shape index (κ3) is 4.53. The van der Waals surface area contributed by atoms with E-state index in [-0.39, 0.29) is 29.6 Å². The molecule has 2 N–H and O–H groups in total. The molecule has 5 aliphatic carbocycles. The van der Waals surface area contributed by atoms with Gasteiger partial charge in [0.1, 0.15) is 18.0 Å². The first kappa shape index (κ1) is 23.6. The number of nitrogens with zero attached hydrogens (tertiary/aromatic N) is 3. The van der Waals surface area contributed by atoms with Gasteiger partial charge in [-0.05, 0) is 81.3 Å². The number of anilines is 1. The van der Waals surface area contributed by atoms with Crippen molar-refractivity contribution < 1.29 is 14.3 Å². The van der Waals surface area contributed by atoms with Crippen molar-refractivity contribution >= 4 is 17.8 Å². The molecule has 2 amide bonds. The van der Waals surface area contributed by atoms with Crippen molar-refractivity contribution in [2.75, 3.05) is 18.4 Å². The van der Waals surface area contributed by atoms with Crippen LogP contribution in [0.5, 0.6) is 0 Å². The minimum Gasteiger partial charge on any atom is -0.446 e. The Balaban J connectivity index is 1.04. The summed E-state index contributed by atoms with van der Waals surface area (Å²) in [5.74, 6) is 2.19. The number of likely N-dealkylation sites (tertiary alicyclic amines) is 1. The fourth-order valence-corrected chi connectivity index (χ4v) is 8.02. The first-order valence-corrected chi connectivity index (χ1v) is 13.9. The van der Waals surface area contributed by atoms with E-state index in [0.29, 0.717) is 48.3 Å². The van der Waals surface area contributed by atoms with E-state index in [0.717, 1.165) is 51.4 Å². The Morgan fingerprint density at radius 2 is 1.83 bits per heavy atom. The Bertz CT molecular complexity index is 1010. The van der Waals surface area contributed by atoms with Crippen LogP contribution in [0.25, 0.3) is 0 Å². The molecule has 6 atom stereocenters. The van der Waals surface area contributed by atoms with Crippen LogP contribution in [0.2, 0.25) is 0 Å². The Kier molecular flexibility index (Phi) is 6.27. The molecule has 5 saturated carbocycles. The quantitative estimate of drug-likeness (QED) is 0.639. The molecular weight excluding hydrogens is 454 g/mol. The molecule has 1 aromatic heterocycles. The zero-order chi connectivity index (χ0) is 24.7. The number of pyridine rings is 1. The Morgan fingerprint density at radius 1 is 1.06 bits per heavy atom. The Morgan fingerprint density at radius 3 is 2.53 bits per heavy atom. The number of hydrogen-bond donors (Lipinski definition) is 2. The van der Waals surface area contributed by atoms with Crippen LogP contribution >= 0.6 is 0 Å². The number of nitrogens with one attached hydrogen (secondary N) is 2. The van der Waals surface area contributed by atoms with Gasteiger partial charge in [-0.25, -0.2) is 9.78 Å². The summed E-state index contributed by atoms with van der Waals surface area (Å²) in [6.07, 6.45) is 13.0. The standard InChI is InChI=1S/C28H37N5O3/c29-15-18-6-7-24(30-16-18)31-23-8-9-33(17-23)27(35)36-25-20-10-19-11-21(25)14-28(12-19,13-20)26(34)32-22-4-2-1-3-5-22/h6-7,16,19-23,25H,1-5,8-14,17H2,(H,30,31)(H,32,34)/t19?,20-,21?,23-,25?,28?/m1/s1. The summed E-state index contributed by atoms with van der Waals surface area (Å²) >= 11 is 0. The molecule has 8 nitrogen and oxygen atoms in total. The van der Waals surface area contributed by atoms with Crippen LogP contribution in [0.3, 0.4) is 0 Å². The van der Waals surface area contributed by atoms with Crippen LogP contribution in [0, 0.1) is 34.5 Å². The Labute approximate surface area is 213 Å². The number of ether oxygens (including phenoxy) is 1. The van der Waals surface area contributed by atoms with E-state index >= 15 is 0 Å². The summed E-state index contributed by atoms with van der Waals surface area (Å²) < 4.78 is 6.19. The largest absolute Gasteiger partial charge is 0.446 e. The van der Waals surface area contributed by atoms with E-state index in [2.05, 4.69) is 21.7 Å². The van der Waals surface area contributed by atoms with Crippen molar-refractivity contribution in [1.82, 2.24) is 15.2 Å². The van der Waals surface area contributed by atoms with E-state index < -0.39 is 0 Å². The number of rotatable bonds is 5. The summed E-state index contributed by atoms with van der Waals surface area (Å²) in [7, 11) is 0. The van der Waals surface area contributed by atoms with Crippen molar-refractivity contribution in [2.45, 2.75) is 88.8 Å². The van der Waals surface area contributed by atoms with Crippen molar-refractivity contribution in [3.63, 3.8) is 0 Å². The average Bonchev–Trinajstić information content (AvgIpc) is 3.35. The first-order valence-electron chi connectivity index (χ1n) is 13.9. The number of nitriles is 1. The molecule has 2 heterocycles. The molecule has 4 bridgehead atoms. The molecule has 1 aromatic rings. The number of carbonyl (C=O) groups is 2. The maximum Gasteiger partial charge on any atom is 0.410 e. The van der Waals surface area contributed by atoms with Gasteiger partial charge in [0, 0.05) is 31.4 Å². The van der Waals surface area contributed by atoms with Gasteiger partial charge < -0.3 is 20.3 Å². The molecule has 4 unspecified atom stereocenters. The maximum absolute atomic E-state index is 13.5. The van der Waals surface area contributed by atoms with Gasteiger partial charge in [-0.2, -0.15) is 5.26 Å². The van der Waals surface area contributed by atoms with Crippen LogP contribution in [0.15, 0.2) is 18.3 Å². The number of hydrogen-bond acceptors (Lipinski definition) is 6. The number of aromatic nitrogens is 1. The summed E-state index contributed by atoms with van der Waals surface area (Å²) in [5, 5.41) is 15.7. The second kappa shape index (κ2) is 9.57. The highest BCUT2D eigenvalue weighted by Crippen LogP contribution is 2.61. The van der Waals surface area contributed by atoms with E-state index in [4.69, 9.17) is 10.00 Å². The van der Waals surface area contributed by atoms with Crippen LogP contribution in [-0.4, -0.2) is 53.2 Å². The highest BCUT2D eigenvalue weighted by atomic mass is 16.6. The lowest BCUT2D eigenvalue weighted by Crippen LogP contribution is -2.60. The second-order valence-electron chi connectivity index (χ2n) is 12.0. The van der Waals surface area contributed by atoms with Gasteiger partial charge in [0.15, 0.2) is 0 Å². The SMILES string of the molecule is N#Cc1ccc(N[C@@H]2CCN(C(=O)OC3C4CC5C[C@@H]3CC(C(=O)NC3CCCCC3)(C5)C4)C2)nc1. The molecule has 0 aromatic carbocycles. The summed E-state index contributed by atoms with van der Waals surface area (Å²) in [6.45, 7) is 1.24. The monoisotopic (exact) mass is 491 g/mol. The van der Waals surface area contributed by atoms with Gasteiger partial charge in [0.05, 0.1) is 11.0 Å². The summed E-state index contributed by atoms with van der Waals surface area (Å²) in [4.78, 5) is 32.7. The zero-order valence-electron chi connectivity index (χ0n) is 21.0. The van der Waals surface area contributed by atoms with Gasteiger partial charge in [0.2, 0.25) is 5.91 Å². The lowest BCUT2D eigenvalue weighted by molar-refractivity contribution is -0.165. The van der Waals surface area contributed by atoms with E-state index in [1.807, 2.05) is 0 Å². The number of amides is 2. The predicted octanol–water partition coefficient (Wildman–Crippen LogP) is 4.22. The van der Waals surface area contributed by atoms with E-state index in [9.17, 15) is 9.59 Å². The zero-order valence-corrected chi connectivity index (χ0v) is 21.0. The lowest BCUT2D eigenvalue weighted by Gasteiger charge is -2.58. The molecule has 8 heteroatoms. The smallest absolute Gasteiger partial charge is 0.410 e. The molecule has 0 radical (unpaired) electrons. The van der Waals surface area contributed by atoms with E-state index in [1.165, 1.54) is 19.3 Å². The third-order valence-corrected chi connectivity index (χ3v) is 9.54. The minimum atomic E-state index is -0.242. The van der Waals surface area contributed by atoms with Crippen LogP contribution < -0.4 is 10.6 Å². The van der Waals surface area contributed by atoms with Crippen molar-refractivity contribution in [3.05, 3.63) is 23.9 Å². The Hall–Kier alpha value is -2.82. The fourth-order valence-electron chi connectivity index (χ4n) is 8.02. The second-order valence-corrected chi connectivity index (χ2v) is 12.0. The van der Waals surface area contributed by atoms with Crippen molar-refractivity contribution in [2.24, 2.45) is 23.2 Å². The lowest BCUT2D eigenvalue weighted by atomic mass is 9.48. The average molecular weight is 492 g/mol. The first-order chi connectivity index (χ1) is 17.5. The molecule has 1 saturated heterocycles. The predicted molar refractivity (Wildman–Crippen MR) is 134 cm³/mol. The van der Waals surface area contributed by atoms with Crippen molar-refractivity contribution in [1.29, 1.82) is 5.26 Å². The molecule has 192 valence electrons. The normalized spacial score (nSPS) is 35.3. The van der Waals surface area contributed by atoms with Gasteiger partial charge >= 0.3 is 6.09 Å². The molecule has 6 fully saturated rings. The number of carbonyl (C=O) groups excluding carboxylic acids is 2. The van der Waals surface area contributed by atoms with Crippen molar-refractivity contribution in [3.8, 4) is 6.07 Å². The van der Waals surface area contributed by atoms with Crippen LogP contribution in [-0.2, 0) is 9.53 Å². The molecule has 36 heavy (non-hydrogen) atoms. The summed E-state index contributed by atoms with van der Waals surface area (Å²) in [6, 6.07) is 6.08. The molecule has 1 aliphatic heterocycles. The topological polar surface area (TPSA) is 107 Å². The third-order valence-electron chi connectivity index (χ3n) is 9.54. The van der Waals surface area contributed by atoms with Crippen LogP contribution in [0.1, 0.15) is 76.2 Å². The van der Waals surface area contributed by atoms with Gasteiger partial charge in [0.25, 0.3) is 0 Å². The molecule has 7 rings (SSSR count). The summed E-state index contributed by atoms with van der Waals surface area (Å²) in [5.41, 5.74) is 0.286. The fraction of sp³-hybridized carbons (Fsp3) is 0.714. The highest BCUT2D eigenvalue weighted by Gasteiger charge is 2.59.